The van der Waals surface area contributed by atoms with Crippen molar-refractivity contribution in [3.63, 3.8) is 0 Å². The zero-order valence-electron chi connectivity index (χ0n) is 39.3. The fourth-order valence-corrected chi connectivity index (χ4v) is 8.07. The third-order valence-electron chi connectivity index (χ3n) is 11.2. The normalized spacial score (nSPS) is 10.8. The van der Waals surface area contributed by atoms with Gasteiger partial charge in [-0.3, -0.25) is 23.7 Å². The molecule has 0 bridgehead atoms. The molecular weight excluding hydrogens is 883 g/mol. The number of hydrogen-bond donors (Lipinski definition) is 6. The van der Waals surface area contributed by atoms with E-state index >= 15 is 0 Å². The van der Waals surface area contributed by atoms with E-state index in [1.165, 1.54) is 0 Å². The van der Waals surface area contributed by atoms with Gasteiger partial charge in [-0.1, -0.05) is 86.6 Å². The number of benzene rings is 6. The van der Waals surface area contributed by atoms with Gasteiger partial charge in [0.25, 0.3) is 17.7 Å². The summed E-state index contributed by atoms with van der Waals surface area (Å²) in [5, 5.41) is 14.9. The molecule has 3 aromatic heterocycles. The number of furan rings is 1. The summed E-state index contributed by atoms with van der Waals surface area (Å²) in [5.41, 5.74) is 41.4. The highest BCUT2D eigenvalue weighted by Gasteiger charge is 2.16. The number of carbonyl (C=O) groups excluding carboxylic acids is 3. The number of guanidine groups is 3. The third-order valence-corrected chi connectivity index (χ3v) is 11.2. The summed E-state index contributed by atoms with van der Waals surface area (Å²) in [5.74, 6) is -1.54. The van der Waals surface area contributed by atoms with Crippen molar-refractivity contribution in [2.75, 3.05) is 0 Å². The first-order valence-corrected chi connectivity index (χ1v) is 22.0. The monoisotopic (exact) mass is 935 g/mol. The Hall–Kier alpha value is -9.38. The molecule has 9 rings (SSSR count). The summed E-state index contributed by atoms with van der Waals surface area (Å²) in [6.45, 7) is 9.24. The molecule has 17 heteroatoms. The van der Waals surface area contributed by atoms with E-state index in [1.807, 2.05) is 109 Å². The number of nitrogens with two attached hydrogens (primary N) is 6. The Labute approximate surface area is 403 Å². The number of carbonyl (C=O) groups is 3. The summed E-state index contributed by atoms with van der Waals surface area (Å²) < 4.78 is 8.95. The summed E-state index contributed by atoms with van der Waals surface area (Å²) >= 11 is 0. The molecule has 12 N–H and O–H groups in total. The van der Waals surface area contributed by atoms with Crippen molar-refractivity contribution in [1.82, 2.24) is 19.6 Å². The van der Waals surface area contributed by atoms with Crippen molar-refractivity contribution < 1.29 is 18.8 Å². The summed E-state index contributed by atoms with van der Waals surface area (Å²) in [4.78, 5) is 46.6. The van der Waals surface area contributed by atoms with E-state index in [0.717, 1.165) is 83.6 Å². The van der Waals surface area contributed by atoms with Crippen molar-refractivity contribution in [2.45, 2.75) is 34.2 Å². The summed E-state index contributed by atoms with van der Waals surface area (Å²) in [6, 6.07) is 36.0. The predicted octanol–water partition coefficient (Wildman–Crippen LogP) is 7.56. The van der Waals surface area contributed by atoms with E-state index in [4.69, 9.17) is 38.8 Å². The Morgan fingerprint density at radius 3 is 1.44 bits per heavy atom. The molecule has 0 aliphatic heterocycles. The van der Waals surface area contributed by atoms with Crippen molar-refractivity contribution in [3.05, 3.63) is 168 Å². The molecular formula is C53H53N13O4. The molecule has 354 valence electrons. The molecule has 0 atom stereocenters. The molecule has 0 fully saturated rings. The first kappa shape index (κ1) is 48.6. The lowest BCUT2D eigenvalue weighted by Gasteiger charge is -2.08. The van der Waals surface area contributed by atoms with Crippen LogP contribution >= 0.6 is 0 Å². The topological polar surface area (TPSA) is 293 Å². The first-order chi connectivity index (χ1) is 33.5. The maximum atomic E-state index is 12.0. The number of aromatic nitrogens is 4. The number of rotatable bonds is 8. The van der Waals surface area contributed by atoms with Gasteiger partial charge in [0, 0.05) is 58.9 Å². The van der Waals surface area contributed by atoms with E-state index in [2.05, 4.69) is 51.2 Å². The number of aliphatic imine (C=N–C) groups is 3. The van der Waals surface area contributed by atoms with Gasteiger partial charge in [0.05, 0.1) is 24.4 Å². The fourth-order valence-electron chi connectivity index (χ4n) is 8.07. The maximum Gasteiger partial charge on any atom is 0.280 e. The predicted molar refractivity (Wildman–Crippen MR) is 278 cm³/mol. The van der Waals surface area contributed by atoms with Gasteiger partial charge in [0.2, 0.25) is 0 Å². The van der Waals surface area contributed by atoms with Crippen LogP contribution in [0, 0.1) is 19.8 Å². The summed E-state index contributed by atoms with van der Waals surface area (Å²) in [6.07, 6.45) is 7.24. The Balaban J connectivity index is 0.000000155. The number of amides is 3. The highest BCUT2D eigenvalue weighted by molar-refractivity contribution is 6.08. The van der Waals surface area contributed by atoms with Gasteiger partial charge in [0.1, 0.15) is 0 Å². The molecule has 3 amide bonds. The average Bonchev–Trinajstić information content (AvgIpc) is 4.08. The molecule has 0 radical (unpaired) electrons. The highest BCUT2D eigenvalue weighted by Crippen LogP contribution is 2.34. The van der Waals surface area contributed by atoms with Crippen molar-refractivity contribution in [2.24, 2.45) is 62.3 Å². The summed E-state index contributed by atoms with van der Waals surface area (Å²) in [7, 11) is 1.93. The maximum absolute atomic E-state index is 12.0. The number of hydrogen-bond acceptors (Lipinski definition) is 6. The van der Waals surface area contributed by atoms with Crippen LogP contribution in [0.4, 0.5) is 0 Å². The third kappa shape index (κ3) is 11.2. The number of fused-ring (bicyclic) bond motifs is 3. The zero-order valence-corrected chi connectivity index (χ0v) is 39.3. The average molecular weight is 936 g/mol. The number of nitrogens with zero attached hydrogens (tertiary/aromatic N) is 7. The van der Waals surface area contributed by atoms with Crippen molar-refractivity contribution in [1.29, 1.82) is 0 Å². The first-order valence-electron chi connectivity index (χ1n) is 22.0. The lowest BCUT2D eigenvalue weighted by molar-refractivity contribution is 0.0994. The van der Waals surface area contributed by atoms with E-state index in [0.29, 0.717) is 22.6 Å². The van der Waals surface area contributed by atoms with Crippen LogP contribution in [-0.4, -0.2) is 55.2 Å². The molecule has 6 aromatic carbocycles. The van der Waals surface area contributed by atoms with Crippen LogP contribution in [0.2, 0.25) is 0 Å². The minimum absolute atomic E-state index is 0.239. The Bertz CT molecular complexity index is 3500. The lowest BCUT2D eigenvalue weighted by Crippen LogP contribution is -2.24. The van der Waals surface area contributed by atoms with Crippen LogP contribution in [-0.2, 0) is 13.6 Å². The number of aryl methyl sites for hydroxylation is 2. The minimum atomic E-state index is -0.453. The molecule has 9 aromatic rings. The molecule has 0 saturated heterocycles. The largest absolute Gasteiger partial charge is 0.472 e. The van der Waals surface area contributed by atoms with Gasteiger partial charge in [-0.15, -0.1) is 0 Å². The van der Waals surface area contributed by atoms with Gasteiger partial charge in [-0.25, -0.2) is 0 Å². The lowest BCUT2D eigenvalue weighted by atomic mass is 9.95. The molecule has 0 spiro atoms. The molecule has 17 nitrogen and oxygen atoms in total. The van der Waals surface area contributed by atoms with Crippen LogP contribution in [0.5, 0.6) is 0 Å². The minimum Gasteiger partial charge on any atom is -0.472 e. The van der Waals surface area contributed by atoms with E-state index in [-0.39, 0.29) is 17.9 Å². The second kappa shape index (κ2) is 21.1. The molecule has 0 aliphatic rings. The Morgan fingerprint density at radius 1 is 0.600 bits per heavy atom. The Morgan fingerprint density at radius 2 is 1.04 bits per heavy atom. The standard InChI is InChI=1S/C19H21N5O.C18H19N5O.C16H13N3O2/c1-12(2)10-24-11-15(9-22-24)16-5-3-4-13-8-14(6-7-17(13)16)18(25)23-19(20)21;1-10-16(11(2)23(3)22-10)15-6-4-5-12-9-13(7-8-14(12)15)17(24)21-18(19)20;17-16(18)19-15(20)11-4-5-14-10(8-11)2-1-3-13(14)12-6-7-21-9-12/h3-9,11-12H,10H2,1-2H3,(H4,20,21,23,25);4-9H,1-3H3,(H4,19,20,21,24);1-9H,(H4,17,18,19,20). The SMILES string of the molecule is CC(C)Cn1cc(-c2cccc3cc(C(=O)N=C(N)N)ccc23)cn1.Cc1nn(C)c(C)c1-c1cccc2cc(C(=O)N=C(N)N)ccc12.NC(N)=NC(=O)c1ccc2c(-c3ccoc3)cccc2c1. The quantitative estimate of drug-likeness (QED) is 0.0636. The van der Waals surface area contributed by atoms with E-state index < -0.39 is 17.7 Å². The highest BCUT2D eigenvalue weighted by atomic mass is 16.3. The van der Waals surface area contributed by atoms with Crippen LogP contribution in [0.15, 0.2) is 160 Å². The molecule has 3 heterocycles. The van der Waals surface area contributed by atoms with Crippen LogP contribution < -0.4 is 34.4 Å². The van der Waals surface area contributed by atoms with Crippen LogP contribution in [0.3, 0.4) is 0 Å². The van der Waals surface area contributed by atoms with E-state index in [9.17, 15) is 14.4 Å². The van der Waals surface area contributed by atoms with Crippen LogP contribution in [0.25, 0.3) is 65.7 Å². The second-order valence-corrected chi connectivity index (χ2v) is 16.8. The molecule has 0 aliphatic carbocycles. The smallest absolute Gasteiger partial charge is 0.280 e. The van der Waals surface area contributed by atoms with Gasteiger partial charge < -0.3 is 38.8 Å². The van der Waals surface area contributed by atoms with Gasteiger partial charge >= 0.3 is 0 Å². The van der Waals surface area contributed by atoms with Gasteiger partial charge in [-0.05, 0) is 111 Å². The van der Waals surface area contributed by atoms with Gasteiger partial charge in [-0.2, -0.15) is 25.2 Å². The fraction of sp³-hybridized carbons (Fsp3) is 0.132. The molecule has 0 unspecified atom stereocenters. The Kier molecular flexibility index (Phi) is 14.6. The van der Waals surface area contributed by atoms with Crippen molar-refractivity contribution in [3.8, 4) is 33.4 Å². The molecule has 0 saturated carbocycles. The zero-order chi connectivity index (χ0) is 50.2. The van der Waals surface area contributed by atoms with Crippen LogP contribution in [0.1, 0.15) is 56.3 Å². The van der Waals surface area contributed by atoms with Gasteiger partial charge in [0.15, 0.2) is 17.9 Å². The van der Waals surface area contributed by atoms with Crippen molar-refractivity contribution >= 4 is 67.9 Å². The van der Waals surface area contributed by atoms with E-state index in [1.54, 1.807) is 48.9 Å². The molecule has 70 heavy (non-hydrogen) atoms. The second-order valence-electron chi connectivity index (χ2n) is 16.8.